The molecule has 1 aromatic heterocycles. The summed E-state index contributed by atoms with van der Waals surface area (Å²) in [5.41, 5.74) is 1.49. The number of aromatic nitrogens is 2. The first-order chi connectivity index (χ1) is 7.52. The zero-order chi connectivity index (χ0) is 11.8. The smallest absolute Gasteiger partial charge is 0.0738 e. The summed E-state index contributed by atoms with van der Waals surface area (Å²) in [5.74, 6) is 0. The van der Waals surface area contributed by atoms with Crippen molar-refractivity contribution in [3.8, 4) is 0 Å². The number of nitrogens with zero attached hydrogens (tertiary/aromatic N) is 2. The molecular weight excluding hydrogens is 270 g/mol. The molecule has 90 valence electrons. The van der Waals surface area contributed by atoms with Crippen LogP contribution in [0.2, 0.25) is 0 Å². The van der Waals surface area contributed by atoms with Gasteiger partial charge >= 0.3 is 0 Å². The van der Waals surface area contributed by atoms with E-state index >= 15 is 0 Å². The van der Waals surface area contributed by atoms with Crippen molar-refractivity contribution in [1.29, 1.82) is 0 Å². The minimum Gasteiger partial charge on any atom is -0.389 e. The molecular formula is C11H18BrN3O. The highest BCUT2D eigenvalue weighted by molar-refractivity contribution is 9.10. The van der Waals surface area contributed by atoms with Gasteiger partial charge in [0.2, 0.25) is 0 Å². The normalized spacial score (nSPS) is 20.0. The molecule has 4 nitrogen and oxygen atoms in total. The third-order valence-electron chi connectivity index (χ3n) is 3.29. The number of hydrogen-bond donors (Lipinski definition) is 2. The van der Waals surface area contributed by atoms with Crippen LogP contribution in [-0.2, 0) is 13.5 Å². The first kappa shape index (κ1) is 12.1. The SMILES string of the molecule is Cc1nn(C)c(CC2(O)CCNCC2)c1Br. The molecule has 0 aliphatic carbocycles. The van der Waals surface area contributed by atoms with Crippen LogP contribution in [0.15, 0.2) is 4.47 Å². The maximum Gasteiger partial charge on any atom is 0.0738 e. The van der Waals surface area contributed by atoms with Gasteiger partial charge in [-0.15, -0.1) is 0 Å². The Labute approximate surface area is 104 Å². The zero-order valence-corrected chi connectivity index (χ0v) is 11.3. The Balaban J connectivity index is 2.19. The van der Waals surface area contributed by atoms with Crippen LogP contribution in [0.3, 0.4) is 0 Å². The average Bonchev–Trinajstić information content (AvgIpc) is 2.46. The van der Waals surface area contributed by atoms with Gasteiger partial charge in [0.1, 0.15) is 0 Å². The lowest BCUT2D eigenvalue weighted by Gasteiger charge is -2.32. The van der Waals surface area contributed by atoms with Gasteiger partial charge in [0.05, 0.1) is 21.5 Å². The molecule has 5 heteroatoms. The van der Waals surface area contributed by atoms with Crippen molar-refractivity contribution >= 4 is 15.9 Å². The van der Waals surface area contributed by atoms with Crippen molar-refractivity contribution in [2.45, 2.75) is 31.8 Å². The van der Waals surface area contributed by atoms with E-state index in [2.05, 4.69) is 26.3 Å². The summed E-state index contributed by atoms with van der Waals surface area (Å²) in [6.07, 6.45) is 2.29. The molecule has 2 heterocycles. The summed E-state index contributed by atoms with van der Waals surface area (Å²) in [7, 11) is 1.93. The molecule has 0 amide bonds. The Morgan fingerprint density at radius 1 is 1.50 bits per heavy atom. The first-order valence-corrected chi connectivity index (χ1v) is 6.42. The second-order valence-electron chi connectivity index (χ2n) is 4.62. The standard InChI is InChI=1S/C11H18BrN3O/c1-8-10(12)9(15(2)14-8)7-11(16)3-5-13-6-4-11/h13,16H,3-7H2,1-2H3. The van der Waals surface area contributed by atoms with Crippen molar-refractivity contribution in [2.75, 3.05) is 13.1 Å². The topological polar surface area (TPSA) is 50.1 Å². The van der Waals surface area contributed by atoms with E-state index in [0.29, 0.717) is 6.42 Å². The molecule has 2 N–H and O–H groups in total. The van der Waals surface area contributed by atoms with E-state index in [1.807, 2.05) is 18.7 Å². The molecule has 1 aliphatic rings. The lowest BCUT2D eigenvalue weighted by Crippen LogP contribution is -2.43. The number of aryl methyl sites for hydroxylation is 2. The van der Waals surface area contributed by atoms with Crippen molar-refractivity contribution in [1.82, 2.24) is 15.1 Å². The molecule has 2 rings (SSSR count). The quantitative estimate of drug-likeness (QED) is 0.858. The maximum atomic E-state index is 10.5. The van der Waals surface area contributed by atoms with Gasteiger partial charge in [0.15, 0.2) is 0 Å². The number of hydrogen-bond acceptors (Lipinski definition) is 3. The van der Waals surface area contributed by atoms with Crippen molar-refractivity contribution in [3.05, 3.63) is 15.9 Å². The Kier molecular flexibility index (Phi) is 3.37. The number of aliphatic hydroxyl groups is 1. The predicted octanol–water partition coefficient (Wildman–Crippen LogP) is 1.15. The highest BCUT2D eigenvalue weighted by Crippen LogP contribution is 2.28. The molecule has 0 bridgehead atoms. The van der Waals surface area contributed by atoms with Gasteiger partial charge in [-0.05, 0) is 48.8 Å². The minimum absolute atomic E-state index is 0.575. The van der Waals surface area contributed by atoms with Crippen LogP contribution < -0.4 is 5.32 Å². The molecule has 1 aromatic rings. The van der Waals surface area contributed by atoms with Crippen molar-refractivity contribution in [3.63, 3.8) is 0 Å². The lowest BCUT2D eigenvalue weighted by atomic mass is 9.88. The van der Waals surface area contributed by atoms with E-state index in [4.69, 9.17) is 0 Å². The third kappa shape index (κ3) is 2.31. The minimum atomic E-state index is -0.575. The fourth-order valence-corrected chi connectivity index (χ4v) is 2.73. The summed E-state index contributed by atoms with van der Waals surface area (Å²) in [6.45, 7) is 3.76. The molecule has 16 heavy (non-hydrogen) atoms. The van der Waals surface area contributed by atoms with Gasteiger partial charge in [0.25, 0.3) is 0 Å². The maximum absolute atomic E-state index is 10.5. The van der Waals surface area contributed by atoms with E-state index in [1.54, 1.807) is 0 Å². The molecule has 1 fully saturated rings. The summed E-state index contributed by atoms with van der Waals surface area (Å²) in [6, 6.07) is 0. The number of halogens is 1. The molecule has 0 radical (unpaired) electrons. The number of nitrogens with one attached hydrogen (secondary N) is 1. The van der Waals surface area contributed by atoms with E-state index < -0.39 is 5.60 Å². The van der Waals surface area contributed by atoms with Gasteiger partial charge in [-0.1, -0.05) is 0 Å². The van der Waals surface area contributed by atoms with Crippen molar-refractivity contribution in [2.24, 2.45) is 7.05 Å². The first-order valence-electron chi connectivity index (χ1n) is 5.63. The molecule has 0 spiro atoms. The molecule has 1 saturated heterocycles. The van der Waals surface area contributed by atoms with Crippen molar-refractivity contribution < 1.29 is 5.11 Å². The summed E-state index contributed by atoms with van der Waals surface area (Å²) < 4.78 is 2.89. The van der Waals surface area contributed by atoms with Crippen LogP contribution >= 0.6 is 15.9 Å². The van der Waals surface area contributed by atoms with Gasteiger partial charge in [0, 0.05) is 13.5 Å². The van der Waals surface area contributed by atoms with Gasteiger partial charge in [-0.3, -0.25) is 4.68 Å². The second-order valence-corrected chi connectivity index (χ2v) is 5.41. The van der Waals surface area contributed by atoms with Gasteiger partial charge < -0.3 is 10.4 Å². The third-order valence-corrected chi connectivity index (χ3v) is 4.32. The van der Waals surface area contributed by atoms with Crippen LogP contribution in [0.25, 0.3) is 0 Å². The Bertz CT molecular complexity index is 383. The molecule has 0 saturated carbocycles. The zero-order valence-electron chi connectivity index (χ0n) is 9.76. The van der Waals surface area contributed by atoms with Crippen LogP contribution in [0, 0.1) is 6.92 Å². The second kappa shape index (κ2) is 4.47. The van der Waals surface area contributed by atoms with E-state index in [9.17, 15) is 5.11 Å². The van der Waals surface area contributed by atoms with E-state index in [0.717, 1.165) is 41.8 Å². The van der Waals surface area contributed by atoms with Gasteiger partial charge in [-0.25, -0.2) is 0 Å². The Morgan fingerprint density at radius 3 is 2.62 bits per heavy atom. The fraction of sp³-hybridized carbons (Fsp3) is 0.727. The van der Waals surface area contributed by atoms with Crippen LogP contribution in [-0.4, -0.2) is 33.6 Å². The number of piperidine rings is 1. The highest BCUT2D eigenvalue weighted by atomic mass is 79.9. The van der Waals surface area contributed by atoms with Crippen LogP contribution in [0.4, 0.5) is 0 Å². The molecule has 0 aromatic carbocycles. The summed E-state index contributed by atoms with van der Waals surface area (Å²) in [4.78, 5) is 0. The molecule has 0 atom stereocenters. The molecule has 0 unspecified atom stereocenters. The highest BCUT2D eigenvalue weighted by Gasteiger charge is 2.31. The fourth-order valence-electron chi connectivity index (χ4n) is 2.25. The summed E-state index contributed by atoms with van der Waals surface area (Å²) in [5, 5.41) is 18.1. The van der Waals surface area contributed by atoms with Gasteiger partial charge in [-0.2, -0.15) is 5.10 Å². The van der Waals surface area contributed by atoms with E-state index in [1.165, 1.54) is 0 Å². The van der Waals surface area contributed by atoms with Crippen LogP contribution in [0.1, 0.15) is 24.2 Å². The Morgan fingerprint density at radius 2 is 2.12 bits per heavy atom. The number of rotatable bonds is 2. The predicted molar refractivity (Wildman–Crippen MR) is 66.4 cm³/mol. The lowest BCUT2D eigenvalue weighted by molar-refractivity contribution is 0.00911. The van der Waals surface area contributed by atoms with E-state index in [-0.39, 0.29) is 0 Å². The Hall–Kier alpha value is -0.390. The average molecular weight is 288 g/mol. The monoisotopic (exact) mass is 287 g/mol. The summed E-state index contributed by atoms with van der Waals surface area (Å²) >= 11 is 3.54. The largest absolute Gasteiger partial charge is 0.389 e. The van der Waals surface area contributed by atoms with Crippen LogP contribution in [0.5, 0.6) is 0 Å². The molecule has 1 aliphatic heterocycles.